The Kier molecular flexibility index (Phi) is 11.9. The number of nitrogens with two attached hydrogens (primary N) is 1. The van der Waals surface area contributed by atoms with Crippen molar-refractivity contribution in [1.82, 2.24) is 30.1 Å². The molecule has 13 nitrogen and oxygen atoms in total. The van der Waals surface area contributed by atoms with Crippen LogP contribution in [0.1, 0.15) is 35.6 Å². The van der Waals surface area contributed by atoms with Gasteiger partial charge in [0, 0.05) is 31.7 Å². The summed E-state index contributed by atoms with van der Waals surface area (Å²) in [6.07, 6.45) is -0.404. The highest BCUT2D eigenvalue weighted by Gasteiger charge is 2.52. The van der Waals surface area contributed by atoms with Crippen molar-refractivity contribution in [3.63, 3.8) is 0 Å². The van der Waals surface area contributed by atoms with Gasteiger partial charge in [0.2, 0.25) is 11.8 Å². The van der Waals surface area contributed by atoms with Gasteiger partial charge < -0.3 is 25.6 Å². The Morgan fingerprint density at radius 1 is 0.964 bits per heavy atom. The second-order valence-corrected chi connectivity index (χ2v) is 15.4. The number of hydrogen-bond acceptors (Lipinski definition) is 9. The van der Waals surface area contributed by atoms with Crippen molar-refractivity contribution in [1.29, 1.82) is 0 Å². The molecule has 0 spiro atoms. The summed E-state index contributed by atoms with van der Waals surface area (Å²) in [6.45, 7) is 2.91. The lowest BCUT2D eigenvalue weighted by atomic mass is 9.99. The molecule has 290 valence electrons. The number of carbonyl (C=O) groups is 4. The number of nitrogens with zero attached hydrogens (tertiary/aromatic N) is 5. The minimum Gasteiger partial charge on any atom is -0.444 e. The van der Waals surface area contributed by atoms with Crippen LogP contribution in [-0.2, 0) is 40.4 Å². The number of thiazole rings is 1. The molecule has 4 aromatic carbocycles. The van der Waals surface area contributed by atoms with Crippen LogP contribution in [-0.4, -0.2) is 80.6 Å². The zero-order chi connectivity index (χ0) is 39.3. The van der Waals surface area contributed by atoms with Gasteiger partial charge in [-0.2, -0.15) is 5.01 Å². The minimum absolute atomic E-state index is 0.0887. The van der Waals surface area contributed by atoms with Gasteiger partial charge in [0.15, 0.2) is 5.13 Å². The van der Waals surface area contributed by atoms with Crippen LogP contribution < -0.4 is 16.4 Å². The maximum atomic E-state index is 14.5. The van der Waals surface area contributed by atoms with E-state index in [2.05, 4.69) is 15.6 Å². The third kappa shape index (κ3) is 8.68. The first kappa shape index (κ1) is 38.8. The highest BCUT2D eigenvalue weighted by atomic mass is 35.5. The normalized spacial score (nSPS) is 16.9. The number of carbonyl (C=O) groups excluding carboxylic acids is 4. The number of nitrogen functional groups attached to an aromatic ring is 1. The van der Waals surface area contributed by atoms with Gasteiger partial charge >= 0.3 is 12.1 Å². The number of nitrogens with one attached hydrogen (secondary N) is 2. The highest BCUT2D eigenvalue weighted by Crippen LogP contribution is 2.33. The molecule has 4 N–H and O–H groups in total. The molecule has 0 radical (unpaired) electrons. The van der Waals surface area contributed by atoms with Crippen molar-refractivity contribution in [3.05, 3.63) is 123 Å². The van der Waals surface area contributed by atoms with Gasteiger partial charge in [-0.3, -0.25) is 19.9 Å². The van der Waals surface area contributed by atoms with Crippen molar-refractivity contribution in [3.8, 4) is 0 Å². The molecule has 16 heteroatoms. The predicted molar refractivity (Wildman–Crippen MR) is 217 cm³/mol. The van der Waals surface area contributed by atoms with Gasteiger partial charge in [-0.25, -0.2) is 14.6 Å². The second-order valence-electron chi connectivity index (χ2n) is 13.5. The fraction of sp³-hybridized carbons (Fsp3) is 0.275. The molecule has 0 saturated carbocycles. The molecular formula is C40H40Cl2N8O5S. The third-order valence-corrected chi connectivity index (χ3v) is 11.3. The average Bonchev–Trinajstić information content (AvgIpc) is 3.74. The lowest BCUT2D eigenvalue weighted by Gasteiger charge is -2.46. The molecule has 5 aromatic rings. The zero-order valence-corrected chi connectivity index (χ0v) is 32.8. The van der Waals surface area contributed by atoms with Crippen molar-refractivity contribution in [2.75, 3.05) is 30.7 Å². The van der Waals surface area contributed by atoms with E-state index in [0.717, 1.165) is 32.5 Å². The summed E-state index contributed by atoms with van der Waals surface area (Å²) < 4.78 is 6.26. The van der Waals surface area contributed by atoms with E-state index in [-0.39, 0.29) is 57.1 Å². The van der Waals surface area contributed by atoms with Gasteiger partial charge in [0.05, 0.1) is 33.4 Å². The molecule has 5 amide bonds. The van der Waals surface area contributed by atoms with Crippen LogP contribution in [0.4, 0.5) is 20.4 Å². The summed E-state index contributed by atoms with van der Waals surface area (Å²) in [5, 5.41) is 10.2. The smallest absolute Gasteiger partial charge is 0.411 e. The first-order valence-corrected chi connectivity index (χ1v) is 19.7. The van der Waals surface area contributed by atoms with Crippen molar-refractivity contribution in [2.45, 2.75) is 51.7 Å². The van der Waals surface area contributed by atoms with Crippen molar-refractivity contribution < 1.29 is 23.9 Å². The minimum atomic E-state index is -0.872. The average molecular weight is 816 g/mol. The molecular weight excluding hydrogens is 775 g/mol. The lowest BCUT2D eigenvalue weighted by molar-refractivity contribution is -0.157. The Morgan fingerprint density at radius 3 is 2.48 bits per heavy atom. The number of anilines is 2. The monoisotopic (exact) mass is 814 g/mol. The molecule has 1 aromatic heterocycles. The van der Waals surface area contributed by atoms with Crippen molar-refractivity contribution >= 4 is 79.5 Å². The summed E-state index contributed by atoms with van der Waals surface area (Å²) >= 11 is 13.7. The molecule has 0 aliphatic carbocycles. The number of ether oxygens (including phenoxy) is 1. The van der Waals surface area contributed by atoms with E-state index in [4.69, 9.17) is 33.7 Å². The van der Waals surface area contributed by atoms with Gasteiger partial charge in [0.25, 0.3) is 0 Å². The Hall–Kier alpha value is -5.41. The van der Waals surface area contributed by atoms with Crippen LogP contribution in [0.2, 0.25) is 10.0 Å². The standard InChI is InChI=1S/C40H40Cl2N8O5S/c1-2-17-48(39(53)44-20-27-13-16-30(41)31(42)18-27)49-23-35(51)50-32(19-25-11-14-29(15-12-25)45-40(54)55-24-26-7-4-3-5-8-26)37(52)47(22-34(49)50)21-28-9-6-10-33-36(28)46-38(43)56-33/h3-16,18,32,34H,2,17,19-24H2,1H3,(H2,43,46)(H,44,53)(H,45,54)/t32-,34+/m0/s1. The van der Waals surface area contributed by atoms with Crippen LogP contribution in [0.25, 0.3) is 10.2 Å². The number of piperazine rings is 1. The Bertz CT molecular complexity index is 2240. The number of amides is 5. The highest BCUT2D eigenvalue weighted by molar-refractivity contribution is 7.22. The molecule has 0 bridgehead atoms. The molecule has 3 heterocycles. The Morgan fingerprint density at radius 2 is 1.73 bits per heavy atom. The fourth-order valence-electron chi connectivity index (χ4n) is 7.05. The SMILES string of the molecule is CCCN(C(=O)NCc1ccc(Cl)c(Cl)c1)N1CC(=O)N2[C@@H](Cc3ccc(NC(=O)OCc4ccccc4)cc3)C(=O)N(Cc3cccc4sc(N)nc34)C[C@@H]21. The number of para-hydroxylation sites is 1. The quantitative estimate of drug-likeness (QED) is 0.123. The molecule has 56 heavy (non-hydrogen) atoms. The molecule has 2 aliphatic rings. The van der Waals surface area contributed by atoms with Crippen LogP contribution in [0.3, 0.4) is 0 Å². The van der Waals surface area contributed by atoms with E-state index in [0.29, 0.717) is 33.8 Å². The lowest BCUT2D eigenvalue weighted by Crippen LogP contribution is -2.66. The largest absolute Gasteiger partial charge is 0.444 e. The van der Waals surface area contributed by atoms with E-state index in [9.17, 15) is 19.2 Å². The van der Waals surface area contributed by atoms with E-state index in [1.807, 2.05) is 67.6 Å². The molecule has 0 unspecified atom stereocenters. The number of aromatic nitrogens is 1. The second kappa shape index (κ2) is 17.2. The summed E-state index contributed by atoms with van der Waals surface area (Å²) in [6, 6.07) is 26.1. The number of hydrogen-bond donors (Lipinski definition) is 3. The summed E-state index contributed by atoms with van der Waals surface area (Å²) in [4.78, 5) is 62.7. The first-order valence-electron chi connectivity index (χ1n) is 18.1. The van der Waals surface area contributed by atoms with Crippen LogP contribution in [0.15, 0.2) is 91.0 Å². The van der Waals surface area contributed by atoms with Gasteiger partial charge in [-0.15, -0.1) is 0 Å². The van der Waals surface area contributed by atoms with Gasteiger partial charge in [-0.1, -0.05) is 102 Å². The molecule has 2 fully saturated rings. The summed E-state index contributed by atoms with van der Waals surface area (Å²) in [7, 11) is 0. The van der Waals surface area contributed by atoms with Crippen molar-refractivity contribution in [2.24, 2.45) is 0 Å². The number of benzene rings is 4. The third-order valence-electron chi connectivity index (χ3n) is 9.70. The zero-order valence-electron chi connectivity index (χ0n) is 30.5. The van der Waals surface area contributed by atoms with Gasteiger partial charge in [-0.05, 0) is 59.0 Å². The van der Waals surface area contributed by atoms with E-state index < -0.39 is 18.3 Å². The summed E-state index contributed by atoms with van der Waals surface area (Å²) in [5.41, 5.74) is 10.5. The van der Waals surface area contributed by atoms with E-state index in [1.54, 1.807) is 50.1 Å². The van der Waals surface area contributed by atoms with Crippen LogP contribution in [0.5, 0.6) is 0 Å². The summed E-state index contributed by atoms with van der Waals surface area (Å²) in [5.74, 6) is -0.491. The first-order chi connectivity index (χ1) is 27.1. The number of fused-ring (bicyclic) bond motifs is 2. The maximum Gasteiger partial charge on any atom is 0.411 e. The number of rotatable bonds is 12. The fourth-order valence-corrected chi connectivity index (χ4v) is 8.15. The topological polar surface area (TPSA) is 153 Å². The molecule has 7 rings (SSSR count). The molecule has 2 atom stereocenters. The molecule has 2 saturated heterocycles. The van der Waals surface area contributed by atoms with Gasteiger partial charge in [0.1, 0.15) is 18.8 Å². The van der Waals surface area contributed by atoms with E-state index >= 15 is 0 Å². The maximum absolute atomic E-state index is 14.5. The Balaban J connectivity index is 1.12. The number of hydrazine groups is 1. The number of urea groups is 1. The van der Waals surface area contributed by atoms with Crippen LogP contribution in [0, 0.1) is 0 Å². The van der Waals surface area contributed by atoms with Crippen LogP contribution >= 0.6 is 34.5 Å². The predicted octanol–water partition coefficient (Wildman–Crippen LogP) is 6.89. The van der Waals surface area contributed by atoms with E-state index in [1.165, 1.54) is 11.3 Å². The Labute approximate surface area is 337 Å². The number of halogens is 2. The molecule has 2 aliphatic heterocycles.